The third kappa shape index (κ3) is 17.9. The molecule has 9 nitrogen and oxygen atoms in total. The first kappa shape index (κ1) is 83.5. The second-order valence-electron chi connectivity index (χ2n) is 39.0. The topological polar surface area (TPSA) is 95.6 Å². The van der Waals surface area contributed by atoms with E-state index in [1.54, 1.807) is 0 Å². The van der Waals surface area contributed by atoms with Gasteiger partial charge in [0.2, 0.25) is 0 Å². The van der Waals surface area contributed by atoms with Crippen molar-refractivity contribution in [3.63, 3.8) is 0 Å². The molecule has 0 saturated heterocycles. The van der Waals surface area contributed by atoms with Gasteiger partial charge in [0.25, 0.3) is 0 Å². The molecule has 12 aromatic carbocycles. The van der Waals surface area contributed by atoms with Crippen LogP contribution in [0.15, 0.2) is 214 Å². The van der Waals surface area contributed by atoms with Gasteiger partial charge < -0.3 is 0 Å². The molecule has 0 saturated carbocycles. The van der Waals surface area contributed by atoms with Crippen LogP contribution in [0, 0.1) is 0 Å². The SMILES string of the molecule is CC(C)(C)c1cc2c(c(C(C)(C)C)c1)[O][In]([Cl])[O]c1c(cc(C(C)(C)C)cc1C(C)(C)C)C=Nc1ccc3ccccc3c1-c1c(ccc3ccccc13)N=C2.CC[O][In]1[O]c2c(cc(C(C)(C)C)cc2C(C)(C)C)C=Nc2ccc3ccccc3c2-c2c(ccc3ccccc23)N=Cc2cc(C(C)(C)C)cc(C(C)(C)C)c2[O]1. The Morgan fingerprint density at radius 3 is 0.711 bits per heavy atom. The summed E-state index contributed by atoms with van der Waals surface area (Å²) in [6, 6.07) is 69.7. The minimum absolute atomic E-state index is 0.116. The van der Waals surface area contributed by atoms with E-state index in [1.165, 1.54) is 22.3 Å². The van der Waals surface area contributed by atoms with Gasteiger partial charge in [-0.05, 0) is 0 Å². The Kier molecular flexibility index (Phi) is 23.3. The minimum atomic E-state index is -3.89. The first-order chi connectivity index (χ1) is 53.4. The summed E-state index contributed by atoms with van der Waals surface area (Å²) in [5, 5.41) is 9.01. The molecule has 0 aliphatic carbocycles. The fraction of sp³-hybridized carbons (Fsp3) is 0.333. The Bertz CT molecular complexity index is 5480. The van der Waals surface area contributed by atoms with Crippen LogP contribution in [0.3, 0.4) is 0 Å². The number of fused-ring (bicyclic) bond motifs is 18. The quantitative estimate of drug-likeness (QED) is 0.172. The van der Waals surface area contributed by atoms with Gasteiger partial charge in [0, 0.05) is 0 Å². The molecular formula is C102H113ClIn2N4O5. The van der Waals surface area contributed by atoms with Gasteiger partial charge in [-0.2, -0.15) is 0 Å². The number of nitrogens with zero attached hydrogens (tertiary/aromatic N) is 4. The Balaban J connectivity index is 0.000000199. The predicted octanol–water partition coefficient (Wildman–Crippen LogP) is 28.5. The summed E-state index contributed by atoms with van der Waals surface area (Å²) in [6.45, 7) is 56.4. The van der Waals surface area contributed by atoms with Crippen molar-refractivity contribution < 1.29 is 14.3 Å². The standard InChI is InChI=1S/2C50H56N2O2.C2H5O.ClH.2In/c2*1-47(2,3)35-25-33(45(53)39(27-35)49(7,8)9)29-51-41-23-21-31-17-13-15-19-37(31)43(41)44-38-20-16-14-18-32(38)22-24-42(44)52-30-34-26-36(48(4,5)6)28-40(46(34)54)50(10,11)12;1-2-3;;;/h2*13-30,53-54H,1-12H3;2H2,1H3;1H;;/q;;-1;;2*+3/p-5. The molecule has 12 aromatic rings. The van der Waals surface area contributed by atoms with Crippen molar-refractivity contribution in [1.29, 1.82) is 0 Å². The maximum absolute atomic E-state index is 7.45. The molecule has 14 rings (SSSR count). The monoisotopic (exact) mass is 1740 g/mol. The van der Waals surface area contributed by atoms with Crippen molar-refractivity contribution in [3.8, 4) is 45.3 Å². The molecule has 12 heteroatoms. The average molecular weight is 1740 g/mol. The van der Waals surface area contributed by atoms with Crippen molar-refractivity contribution >= 4 is 143 Å². The van der Waals surface area contributed by atoms with Crippen LogP contribution >= 0.6 is 8.58 Å². The molecule has 0 radical (unpaired) electrons. The van der Waals surface area contributed by atoms with Crippen molar-refractivity contribution in [1.82, 2.24) is 0 Å². The van der Waals surface area contributed by atoms with Crippen LogP contribution in [0.25, 0.3) is 65.3 Å². The van der Waals surface area contributed by atoms with E-state index >= 15 is 0 Å². The van der Waals surface area contributed by atoms with Gasteiger partial charge >= 0.3 is 707 Å². The second-order valence-corrected chi connectivity index (χ2v) is 48.3. The first-order valence-corrected chi connectivity index (χ1v) is 51.3. The summed E-state index contributed by atoms with van der Waals surface area (Å²) < 4.78 is 35.2. The molecule has 2 aliphatic rings. The zero-order chi connectivity index (χ0) is 82.2. The van der Waals surface area contributed by atoms with E-state index in [0.717, 1.165) is 156 Å². The van der Waals surface area contributed by atoms with Gasteiger partial charge in [0.05, 0.1) is 0 Å². The number of hydrogen-bond donors (Lipinski definition) is 0. The van der Waals surface area contributed by atoms with Gasteiger partial charge in [0.1, 0.15) is 0 Å². The molecule has 584 valence electrons. The number of hydrogen-bond acceptors (Lipinski definition) is 9. The molecule has 2 aliphatic heterocycles. The van der Waals surface area contributed by atoms with Crippen LogP contribution < -0.4 is 11.4 Å². The molecule has 2 heterocycles. The van der Waals surface area contributed by atoms with E-state index in [4.69, 9.17) is 42.8 Å². The number of halogens is 1. The Morgan fingerprint density at radius 1 is 0.281 bits per heavy atom. The molecule has 0 aromatic heterocycles. The summed E-state index contributed by atoms with van der Waals surface area (Å²) in [5.41, 5.74) is 18.9. The molecular weight excluding hydrogens is 1630 g/mol. The zero-order valence-corrected chi connectivity index (χ0v) is 79.2. The number of benzene rings is 12. The Hall–Kier alpha value is -8.45. The molecule has 0 bridgehead atoms. The van der Waals surface area contributed by atoms with E-state index in [2.05, 4.69) is 360 Å². The summed E-state index contributed by atoms with van der Waals surface area (Å²) in [7, 11) is 7.45. The molecule has 0 spiro atoms. The number of aliphatic imine (C=N–C) groups is 4. The summed E-state index contributed by atoms with van der Waals surface area (Å²) in [4.78, 5) is 21.6. The first-order valence-electron chi connectivity index (χ1n) is 40.4. The van der Waals surface area contributed by atoms with Crippen molar-refractivity contribution in [2.75, 3.05) is 6.61 Å². The third-order valence-corrected chi connectivity index (χ3v) is 29.6. The number of rotatable bonds is 2. The molecule has 0 N–H and O–H groups in total. The zero-order valence-electron chi connectivity index (χ0n) is 71.9. The van der Waals surface area contributed by atoms with Crippen LogP contribution in [0.4, 0.5) is 22.7 Å². The van der Waals surface area contributed by atoms with E-state index < -0.39 is 43.9 Å². The van der Waals surface area contributed by atoms with Gasteiger partial charge in [-0.1, -0.05) is 0 Å². The fourth-order valence-electron chi connectivity index (χ4n) is 15.2. The second kappa shape index (κ2) is 31.9. The van der Waals surface area contributed by atoms with E-state index in [0.29, 0.717) is 6.61 Å². The maximum atomic E-state index is 7.45. The van der Waals surface area contributed by atoms with Crippen molar-refractivity contribution in [2.24, 2.45) is 20.0 Å². The van der Waals surface area contributed by atoms with Gasteiger partial charge in [-0.3, -0.25) is 0 Å². The molecule has 0 atom stereocenters. The predicted molar refractivity (Wildman–Crippen MR) is 490 cm³/mol. The Labute approximate surface area is 700 Å². The van der Waals surface area contributed by atoms with Crippen LogP contribution in [-0.2, 0) is 46.2 Å². The molecule has 0 unspecified atom stereocenters. The molecule has 0 amide bonds. The summed E-state index contributed by atoms with van der Waals surface area (Å²) in [5.74, 6) is 3.04. The van der Waals surface area contributed by atoms with E-state index in [-0.39, 0.29) is 43.3 Å². The Morgan fingerprint density at radius 2 is 0.500 bits per heavy atom. The van der Waals surface area contributed by atoms with Crippen molar-refractivity contribution in [3.05, 3.63) is 261 Å². The third-order valence-electron chi connectivity index (χ3n) is 21.8. The van der Waals surface area contributed by atoms with Gasteiger partial charge in [0.15, 0.2) is 0 Å². The van der Waals surface area contributed by atoms with Crippen molar-refractivity contribution in [2.45, 2.75) is 216 Å². The van der Waals surface area contributed by atoms with E-state index in [1.807, 2.05) is 31.8 Å². The average Bonchev–Trinajstić information content (AvgIpc) is 0.971. The van der Waals surface area contributed by atoms with Crippen LogP contribution in [0.1, 0.15) is 240 Å². The fourth-order valence-corrected chi connectivity index (χ4v) is 23.0. The molecule has 0 fully saturated rings. The van der Waals surface area contributed by atoms with Crippen LogP contribution in [-0.4, -0.2) is 75.3 Å². The van der Waals surface area contributed by atoms with Crippen LogP contribution in [0.5, 0.6) is 23.0 Å². The molecule has 114 heavy (non-hydrogen) atoms. The summed E-state index contributed by atoms with van der Waals surface area (Å²) in [6.07, 6.45) is 7.95. The van der Waals surface area contributed by atoms with E-state index in [9.17, 15) is 0 Å². The summed E-state index contributed by atoms with van der Waals surface area (Å²) >= 11 is -7.73. The van der Waals surface area contributed by atoms with Gasteiger partial charge in [-0.15, -0.1) is 0 Å². The van der Waals surface area contributed by atoms with Gasteiger partial charge in [-0.25, -0.2) is 0 Å². The van der Waals surface area contributed by atoms with Crippen LogP contribution in [0.2, 0.25) is 0 Å². The normalized spacial score (nSPS) is 13.9.